The van der Waals surface area contributed by atoms with E-state index < -0.39 is 0 Å². The molecule has 0 aliphatic carbocycles. The van der Waals surface area contributed by atoms with Gasteiger partial charge >= 0.3 is 0 Å². The molecule has 0 radical (unpaired) electrons. The van der Waals surface area contributed by atoms with Crippen LogP contribution < -0.4 is 9.80 Å². The third-order valence-corrected chi connectivity index (χ3v) is 15.5. The first-order valence-corrected chi connectivity index (χ1v) is 25.3. The van der Waals surface area contributed by atoms with Crippen LogP contribution in [0.4, 0.5) is 34.1 Å². The number of furan rings is 2. The molecule has 4 nitrogen and oxygen atoms in total. The smallest absolute Gasteiger partial charge is 0.142 e. The standard InChI is InChI=1S/C69H54N2O2/c1-45-66-62(60-40-46-26-32-58(38-48(46)42-64(60)72-66)70(54-22-14-8-15-23-54)56-34-28-52(29-35-56)68(2,3)50-18-10-6-11-19-50)44-63-61-41-47-27-33-59(39-49(47)43-65(61)73-67(45)63)71(55-24-16-9-17-25-55)57-36-30-53(31-37-57)69(4,5)51-20-12-7-13-21-51/h6-44H,1-5H3. The van der Waals surface area contributed by atoms with Crippen molar-refractivity contribution in [2.75, 3.05) is 9.80 Å². The Hall–Kier alpha value is -8.86. The quantitative estimate of drug-likeness (QED) is 0.137. The van der Waals surface area contributed by atoms with Crippen LogP contribution in [0.5, 0.6) is 0 Å². The van der Waals surface area contributed by atoms with Crippen molar-refractivity contribution in [3.05, 3.63) is 264 Å². The van der Waals surface area contributed by atoms with Gasteiger partial charge in [-0.1, -0.05) is 161 Å². The topological polar surface area (TPSA) is 32.8 Å². The lowest BCUT2D eigenvalue weighted by molar-refractivity contribution is 0.641. The molecule has 0 atom stereocenters. The van der Waals surface area contributed by atoms with Crippen molar-refractivity contribution in [2.24, 2.45) is 0 Å². The molecule has 0 bridgehead atoms. The Balaban J connectivity index is 0.858. The number of anilines is 6. The second-order valence-corrected chi connectivity index (χ2v) is 20.6. The van der Waals surface area contributed by atoms with E-state index in [0.29, 0.717) is 0 Å². The maximum absolute atomic E-state index is 6.82. The van der Waals surface area contributed by atoms with Gasteiger partial charge in [0.05, 0.1) is 0 Å². The number of hydrogen-bond acceptors (Lipinski definition) is 4. The Labute approximate surface area is 426 Å². The predicted molar refractivity (Wildman–Crippen MR) is 307 cm³/mol. The first-order chi connectivity index (χ1) is 35.6. The first-order valence-electron chi connectivity index (χ1n) is 25.3. The molecule has 0 fully saturated rings. The molecule has 0 N–H and O–H groups in total. The molecule has 0 saturated carbocycles. The third-order valence-electron chi connectivity index (χ3n) is 15.5. The fourth-order valence-electron chi connectivity index (χ4n) is 11.2. The molecule has 13 aromatic rings. The van der Waals surface area contributed by atoms with E-state index in [9.17, 15) is 0 Å². The molecule has 13 rings (SSSR count). The third kappa shape index (κ3) is 7.52. The van der Waals surface area contributed by atoms with E-state index in [0.717, 1.165) is 105 Å². The van der Waals surface area contributed by atoms with Gasteiger partial charge in [-0.2, -0.15) is 0 Å². The number of fused-ring (bicyclic) bond motifs is 8. The van der Waals surface area contributed by atoms with Gasteiger partial charge in [-0.15, -0.1) is 0 Å². The van der Waals surface area contributed by atoms with Crippen molar-refractivity contribution in [1.82, 2.24) is 0 Å². The van der Waals surface area contributed by atoms with Gasteiger partial charge in [0.2, 0.25) is 0 Å². The minimum Gasteiger partial charge on any atom is -0.456 e. The van der Waals surface area contributed by atoms with Crippen LogP contribution in [0, 0.1) is 6.92 Å². The number of aryl methyl sites for hydroxylation is 1. The molecule has 73 heavy (non-hydrogen) atoms. The summed E-state index contributed by atoms with van der Waals surface area (Å²) in [5, 5.41) is 8.89. The minimum atomic E-state index is -0.131. The van der Waals surface area contributed by atoms with Gasteiger partial charge in [0.25, 0.3) is 0 Å². The molecule has 0 unspecified atom stereocenters. The largest absolute Gasteiger partial charge is 0.456 e. The second kappa shape index (κ2) is 17.2. The van der Waals surface area contributed by atoms with Crippen molar-refractivity contribution >= 4 is 99.5 Å². The van der Waals surface area contributed by atoms with Gasteiger partial charge in [0, 0.05) is 72.1 Å². The van der Waals surface area contributed by atoms with Crippen molar-refractivity contribution in [2.45, 2.75) is 45.4 Å². The molecule has 0 aliphatic rings. The average molecular weight is 943 g/mol. The summed E-state index contributed by atoms with van der Waals surface area (Å²) >= 11 is 0. The van der Waals surface area contributed by atoms with E-state index >= 15 is 0 Å². The van der Waals surface area contributed by atoms with Crippen LogP contribution in [0.2, 0.25) is 0 Å². The highest BCUT2D eigenvalue weighted by atomic mass is 16.3. The molecule has 0 spiro atoms. The Bertz CT molecular complexity index is 3900. The minimum absolute atomic E-state index is 0.131. The maximum Gasteiger partial charge on any atom is 0.142 e. The average Bonchev–Trinajstić information content (AvgIpc) is 3.98. The van der Waals surface area contributed by atoms with Crippen molar-refractivity contribution in [3.63, 3.8) is 0 Å². The zero-order chi connectivity index (χ0) is 49.4. The number of nitrogens with zero attached hydrogens (tertiary/aromatic N) is 2. The van der Waals surface area contributed by atoms with Crippen LogP contribution in [0.1, 0.15) is 55.5 Å². The van der Waals surface area contributed by atoms with Crippen LogP contribution >= 0.6 is 0 Å². The molecule has 2 heterocycles. The fraction of sp³-hybridized carbons (Fsp3) is 0.101. The number of hydrogen-bond donors (Lipinski definition) is 0. The molecular weight excluding hydrogens is 889 g/mol. The lowest BCUT2D eigenvalue weighted by Gasteiger charge is -2.29. The van der Waals surface area contributed by atoms with Gasteiger partial charge in [0.15, 0.2) is 0 Å². The Kier molecular flexibility index (Phi) is 10.4. The number of para-hydroxylation sites is 2. The molecule has 4 heteroatoms. The summed E-state index contributed by atoms with van der Waals surface area (Å²) in [6, 6.07) is 85.5. The summed E-state index contributed by atoms with van der Waals surface area (Å²) in [7, 11) is 0. The highest BCUT2D eigenvalue weighted by molar-refractivity contribution is 6.20. The summed E-state index contributed by atoms with van der Waals surface area (Å²) < 4.78 is 13.6. The van der Waals surface area contributed by atoms with Gasteiger partial charge < -0.3 is 18.6 Å². The van der Waals surface area contributed by atoms with E-state index in [2.05, 4.69) is 281 Å². The Morgan fingerprint density at radius 1 is 0.288 bits per heavy atom. The van der Waals surface area contributed by atoms with Crippen LogP contribution in [-0.2, 0) is 10.8 Å². The SMILES string of the molecule is Cc1c2oc3cc4cc(N(c5ccccc5)c5ccc(C(C)(C)c6ccccc6)cc5)ccc4cc3c2cc2c1oc1cc3cc(N(c4ccccc4)c4ccc(C(C)(C)c5ccccc5)cc4)ccc3cc12. The van der Waals surface area contributed by atoms with E-state index in [4.69, 9.17) is 8.83 Å². The summed E-state index contributed by atoms with van der Waals surface area (Å²) in [5.74, 6) is 0. The van der Waals surface area contributed by atoms with Gasteiger partial charge in [0.1, 0.15) is 22.3 Å². The summed E-state index contributed by atoms with van der Waals surface area (Å²) in [6.45, 7) is 11.3. The lowest BCUT2D eigenvalue weighted by Crippen LogP contribution is -2.19. The molecule has 11 aromatic carbocycles. The van der Waals surface area contributed by atoms with Crippen LogP contribution in [0.15, 0.2) is 245 Å². The molecule has 352 valence electrons. The van der Waals surface area contributed by atoms with Gasteiger partial charge in [-0.3, -0.25) is 0 Å². The number of rotatable bonds is 10. The van der Waals surface area contributed by atoms with Crippen molar-refractivity contribution < 1.29 is 8.83 Å². The maximum atomic E-state index is 6.82. The highest BCUT2D eigenvalue weighted by Gasteiger charge is 2.26. The van der Waals surface area contributed by atoms with Crippen LogP contribution in [0.3, 0.4) is 0 Å². The fourth-order valence-corrected chi connectivity index (χ4v) is 11.2. The van der Waals surface area contributed by atoms with E-state index in [1.54, 1.807) is 0 Å². The van der Waals surface area contributed by atoms with Crippen LogP contribution in [-0.4, -0.2) is 0 Å². The summed E-state index contributed by atoms with van der Waals surface area (Å²) in [5.41, 5.74) is 15.8. The Morgan fingerprint density at radius 2 is 0.616 bits per heavy atom. The normalized spacial score (nSPS) is 12.2. The second-order valence-electron chi connectivity index (χ2n) is 20.6. The van der Waals surface area contributed by atoms with Gasteiger partial charge in [-0.05, 0) is 154 Å². The van der Waals surface area contributed by atoms with E-state index in [-0.39, 0.29) is 10.8 Å². The highest BCUT2D eigenvalue weighted by Crippen LogP contribution is 2.45. The Morgan fingerprint density at radius 3 is 1.00 bits per heavy atom. The zero-order valence-electron chi connectivity index (χ0n) is 41.7. The molecule has 0 saturated heterocycles. The number of benzene rings is 11. The summed E-state index contributed by atoms with van der Waals surface area (Å²) in [6.07, 6.45) is 0. The molecular formula is C69H54N2O2. The lowest BCUT2D eigenvalue weighted by atomic mass is 9.78. The van der Waals surface area contributed by atoms with Crippen LogP contribution in [0.25, 0.3) is 65.4 Å². The molecule has 0 amide bonds. The monoisotopic (exact) mass is 942 g/mol. The van der Waals surface area contributed by atoms with E-state index in [1.807, 2.05) is 0 Å². The van der Waals surface area contributed by atoms with Crippen molar-refractivity contribution in [3.8, 4) is 0 Å². The first kappa shape index (κ1) is 44.1. The van der Waals surface area contributed by atoms with E-state index in [1.165, 1.54) is 22.3 Å². The predicted octanol–water partition coefficient (Wildman–Crippen LogP) is 19.7. The van der Waals surface area contributed by atoms with Gasteiger partial charge in [-0.25, -0.2) is 0 Å². The molecule has 2 aromatic heterocycles. The molecule has 0 aliphatic heterocycles. The summed E-state index contributed by atoms with van der Waals surface area (Å²) in [4.78, 5) is 4.67. The zero-order valence-corrected chi connectivity index (χ0v) is 41.7. The van der Waals surface area contributed by atoms with Crippen molar-refractivity contribution in [1.29, 1.82) is 0 Å².